The molecule has 9 heteroatoms. The van der Waals surface area contributed by atoms with Crippen LogP contribution in [-0.2, 0) is 9.48 Å². The highest BCUT2D eigenvalue weighted by Gasteiger charge is 2.27. The summed E-state index contributed by atoms with van der Waals surface area (Å²) in [7, 11) is 0. The van der Waals surface area contributed by atoms with Crippen LogP contribution >= 0.6 is 11.8 Å². The zero-order chi connectivity index (χ0) is 24.8. The second-order valence-corrected chi connectivity index (χ2v) is 11.3. The Kier molecular flexibility index (Phi) is 7.87. The van der Waals surface area contributed by atoms with Crippen LogP contribution in [0.3, 0.4) is 0 Å². The maximum absolute atomic E-state index is 12.3. The molecule has 0 radical (unpaired) electrons. The first-order valence-electron chi connectivity index (χ1n) is 11.8. The quantitative estimate of drug-likeness (QED) is 0.456. The Morgan fingerprint density at radius 2 is 1.80 bits per heavy atom. The van der Waals surface area contributed by atoms with Crippen molar-refractivity contribution in [2.24, 2.45) is 0 Å². The smallest absolute Gasteiger partial charge is 0.324 e. The van der Waals surface area contributed by atoms with Gasteiger partial charge in [0.05, 0.1) is 23.7 Å². The summed E-state index contributed by atoms with van der Waals surface area (Å²) in [5.41, 5.74) is 2.56. The molecule has 0 atom stereocenters. The summed E-state index contributed by atoms with van der Waals surface area (Å²) in [6.45, 7) is 11.8. The van der Waals surface area contributed by atoms with Crippen molar-refractivity contribution < 1.29 is 9.53 Å². The van der Waals surface area contributed by atoms with Gasteiger partial charge in [-0.1, -0.05) is 19.9 Å². The van der Waals surface area contributed by atoms with E-state index in [9.17, 15) is 4.79 Å². The fourth-order valence-electron chi connectivity index (χ4n) is 3.89. The summed E-state index contributed by atoms with van der Waals surface area (Å²) in [6, 6.07) is 14.7. The van der Waals surface area contributed by atoms with Gasteiger partial charge in [0.25, 0.3) is 0 Å². The Labute approximate surface area is 210 Å². The number of carbonyl (C=O) groups is 1. The highest BCUT2D eigenvalue weighted by molar-refractivity contribution is 8.00. The first kappa shape index (κ1) is 24.9. The molecule has 4 rings (SSSR count). The number of pyridine rings is 1. The lowest BCUT2D eigenvalue weighted by molar-refractivity contribution is 0.122. The van der Waals surface area contributed by atoms with Crippen molar-refractivity contribution >= 4 is 35.1 Å². The molecule has 2 N–H and O–H groups in total. The van der Waals surface area contributed by atoms with E-state index in [4.69, 9.17) is 14.7 Å². The zero-order valence-electron chi connectivity index (χ0n) is 20.6. The number of anilines is 3. The summed E-state index contributed by atoms with van der Waals surface area (Å²) >= 11 is 1.89. The van der Waals surface area contributed by atoms with Crippen LogP contribution in [-0.4, -0.2) is 52.5 Å². The van der Waals surface area contributed by atoms with Gasteiger partial charge in [-0.3, -0.25) is 5.32 Å². The fourth-order valence-corrected chi connectivity index (χ4v) is 5.30. The maximum Gasteiger partial charge on any atom is 0.324 e. The molecule has 0 aliphatic carbocycles. The van der Waals surface area contributed by atoms with Crippen molar-refractivity contribution in [2.75, 3.05) is 41.8 Å². The van der Waals surface area contributed by atoms with Crippen molar-refractivity contribution in [3.63, 3.8) is 0 Å². The Bertz CT molecular complexity index is 1130. The molecule has 1 aliphatic heterocycles. The Morgan fingerprint density at radius 3 is 2.46 bits per heavy atom. The van der Waals surface area contributed by atoms with Crippen LogP contribution in [0.15, 0.2) is 54.7 Å². The summed E-state index contributed by atoms with van der Waals surface area (Å²) in [6.07, 6.45) is 1.63. The number of morpholine rings is 1. The SMILES string of the molecule is CC(C)SC(C)(C)c1cc(N2CCOCC2)nc(-c2ccc(NC(=O)Nc3ccccn3)cc2)n1. The van der Waals surface area contributed by atoms with E-state index in [0.717, 1.165) is 30.2 Å². The molecule has 1 aliphatic rings. The van der Waals surface area contributed by atoms with Gasteiger partial charge in [0, 0.05) is 36.6 Å². The molecule has 35 heavy (non-hydrogen) atoms. The van der Waals surface area contributed by atoms with Crippen molar-refractivity contribution in [3.05, 3.63) is 60.4 Å². The number of carbonyl (C=O) groups excluding carboxylic acids is 1. The van der Waals surface area contributed by atoms with Crippen molar-refractivity contribution in [1.29, 1.82) is 0 Å². The molecule has 2 aromatic heterocycles. The van der Waals surface area contributed by atoms with Crippen molar-refractivity contribution in [2.45, 2.75) is 37.7 Å². The first-order chi connectivity index (χ1) is 16.8. The third-order valence-electron chi connectivity index (χ3n) is 5.50. The number of benzene rings is 1. The number of rotatable bonds is 7. The highest BCUT2D eigenvalue weighted by atomic mass is 32.2. The second kappa shape index (κ2) is 11.0. The van der Waals surface area contributed by atoms with Gasteiger partial charge < -0.3 is 15.0 Å². The molecule has 1 aromatic carbocycles. The zero-order valence-corrected chi connectivity index (χ0v) is 21.4. The topological polar surface area (TPSA) is 92.3 Å². The summed E-state index contributed by atoms with van der Waals surface area (Å²) in [5.74, 6) is 2.08. The molecule has 0 bridgehead atoms. The molecular formula is C26H32N6O2S. The monoisotopic (exact) mass is 492 g/mol. The molecule has 1 fully saturated rings. The van der Waals surface area contributed by atoms with Gasteiger partial charge in [0.2, 0.25) is 0 Å². The first-order valence-corrected chi connectivity index (χ1v) is 12.7. The molecule has 0 spiro atoms. The summed E-state index contributed by atoms with van der Waals surface area (Å²) < 4.78 is 5.37. The number of nitrogens with one attached hydrogen (secondary N) is 2. The lowest BCUT2D eigenvalue weighted by atomic mass is 10.1. The number of hydrogen-bond acceptors (Lipinski definition) is 7. The van der Waals surface area contributed by atoms with Crippen LogP contribution < -0.4 is 15.5 Å². The van der Waals surface area contributed by atoms with Crippen LogP contribution in [0.4, 0.5) is 22.1 Å². The van der Waals surface area contributed by atoms with E-state index in [0.29, 0.717) is 35.8 Å². The normalized spacial score (nSPS) is 14.1. The number of thioether (sulfide) groups is 1. The summed E-state index contributed by atoms with van der Waals surface area (Å²) in [4.78, 5) is 28.5. The van der Waals surface area contributed by atoms with Crippen LogP contribution in [0.2, 0.25) is 0 Å². The third-order valence-corrected chi connectivity index (χ3v) is 6.77. The van der Waals surface area contributed by atoms with Gasteiger partial charge in [-0.05, 0) is 55.5 Å². The van der Waals surface area contributed by atoms with E-state index < -0.39 is 0 Å². The van der Waals surface area contributed by atoms with E-state index in [2.05, 4.69) is 54.3 Å². The molecule has 3 aromatic rings. The van der Waals surface area contributed by atoms with Crippen LogP contribution in [0.25, 0.3) is 11.4 Å². The molecule has 0 saturated carbocycles. The number of nitrogens with zero attached hydrogens (tertiary/aromatic N) is 4. The molecule has 1 saturated heterocycles. The molecule has 2 amide bonds. The van der Waals surface area contributed by atoms with E-state index in [-0.39, 0.29) is 10.8 Å². The van der Waals surface area contributed by atoms with Crippen LogP contribution in [0, 0.1) is 0 Å². The van der Waals surface area contributed by atoms with Gasteiger partial charge >= 0.3 is 6.03 Å². The fraction of sp³-hybridized carbons (Fsp3) is 0.385. The van der Waals surface area contributed by atoms with Crippen molar-refractivity contribution in [3.8, 4) is 11.4 Å². The second-order valence-electron chi connectivity index (χ2n) is 9.08. The molecule has 184 valence electrons. The highest BCUT2D eigenvalue weighted by Crippen LogP contribution is 2.39. The average molecular weight is 493 g/mol. The Balaban J connectivity index is 1.57. The molecule has 3 heterocycles. The van der Waals surface area contributed by atoms with Gasteiger partial charge in [0.1, 0.15) is 11.6 Å². The number of ether oxygens (including phenoxy) is 1. The number of hydrogen-bond donors (Lipinski definition) is 2. The largest absolute Gasteiger partial charge is 0.378 e. The van der Waals surface area contributed by atoms with E-state index in [1.165, 1.54) is 0 Å². The van der Waals surface area contributed by atoms with E-state index in [1.54, 1.807) is 18.3 Å². The van der Waals surface area contributed by atoms with Crippen LogP contribution in [0.5, 0.6) is 0 Å². The molecule has 0 unspecified atom stereocenters. The molecular weight excluding hydrogens is 460 g/mol. The van der Waals surface area contributed by atoms with E-state index >= 15 is 0 Å². The van der Waals surface area contributed by atoms with Gasteiger partial charge in [-0.25, -0.2) is 19.7 Å². The average Bonchev–Trinajstić information content (AvgIpc) is 2.84. The lowest BCUT2D eigenvalue weighted by Gasteiger charge is -2.31. The van der Waals surface area contributed by atoms with Crippen LogP contribution in [0.1, 0.15) is 33.4 Å². The van der Waals surface area contributed by atoms with Crippen molar-refractivity contribution in [1.82, 2.24) is 15.0 Å². The standard InChI is InChI=1S/C26H32N6O2S/c1-18(2)35-26(3,4)21-17-23(32-13-15-34-16-14-32)31-24(29-21)19-8-10-20(11-9-19)28-25(33)30-22-7-5-6-12-27-22/h5-12,17-18H,13-16H2,1-4H3,(H2,27,28,30,33). The number of urea groups is 1. The predicted octanol–water partition coefficient (Wildman–Crippen LogP) is 5.40. The minimum Gasteiger partial charge on any atom is -0.378 e. The Hall–Kier alpha value is -3.17. The summed E-state index contributed by atoms with van der Waals surface area (Å²) in [5, 5.41) is 6.02. The molecule has 8 nitrogen and oxygen atoms in total. The minimum atomic E-state index is -0.350. The van der Waals surface area contributed by atoms with Gasteiger partial charge in [0.15, 0.2) is 5.82 Å². The third kappa shape index (κ3) is 6.70. The number of aromatic nitrogens is 3. The minimum absolute atomic E-state index is 0.169. The number of amides is 2. The Morgan fingerprint density at radius 1 is 1.06 bits per heavy atom. The maximum atomic E-state index is 12.3. The van der Waals surface area contributed by atoms with E-state index in [1.807, 2.05) is 42.1 Å². The van der Waals surface area contributed by atoms with Gasteiger partial charge in [-0.2, -0.15) is 0 Å². The predicted molar refractivity (Wildman–Crippen MR) is 143 cm³/mol. The lowest BCUT2D eigenvalue weighted by Crippen LogP contribution is -2.37. The van der Waals surface area contributed by atoms with Gasteiger partial charge in [-0.15, -0.1) is 11.8 Å².